The van der Waals surface area contributed by atoms with Gasteiger partial charge in [-0.25, -0.2) is 19.7 Å². The number of benzene rings is 1. The van der Waals surface area contributed by atoms with Gasteiger partial charge >= 0.3 is 6.09 Å². The summed E-state index contributed by atoms with van der Waals surface area (Å²) >= 11 is 0. The molecular weight excluding hydrogens is 613 g/mol. The van der Waals surface area contributed by atoms with E-state index in [1.807, 2.05) is 39.0 Å². The van der Waals surface area contributed by atoms with Crippen LogP contribution in [0.1, 0.15) is 66.0 Å². The highest BCUT2D eigenvalue weighted by Gasteiger charge is 2.47. The van der Waals surface area contributed by atoms with Crippen LogP contribution in [0.25, 0.3) is 11.3 Å². The average Bonchev–Trinajstić information content (AvgIpc) is 3.62. The molecular formula is C35H46N6O5Si. The predicted molar refractivity (Wildman–Crippen MR) is 184 cm³/mol. The predicted octanol–water partition coefficient (Wildman–Crippen LogP) is 7.36. The average molecular weight is 659 g/mol. The van der Waals surface area contributed by atoms with Gasteiger partial charge in [0.1, 0.15) is 23.5 Å². The van der Waals surface area contributed by atoms with Crippen LogP contribution in [0.4, 0.5) is 22.1 Å². The van der Waals surface area contributed by atoms with E-state index in [9.17, 15) is 10.1 Å². The molecule has 0 bridgehead atoms. The lowest BCUT2D eigenvalue weighted by molar-refractivity contribution is 0.0575. The lowest BCUT2D eigenvalue weighted by atomic mass is 9.83. The number of aromatic nitrogens is 3. The Bertz CT molecular complexity index is 1670. The number of nitrogens with zero attached hydrogens (tertiary/aromatic N) is 5. The number of ether oxygens (including phenoxy) is 3. The van der Waals surface area contributed by atoms with E-state index in [0.717, 1.165) is 17.5 Å². The Balaban J connectivity index is 1.52. The molecule has 250 valence electrons. The van der Waals surface area contributed by atoms with Crippen molar-refractivity contribution in [2.24, 2.45) is 0 Å². The van der Waals surface area contributed by atoms with Crippen LogP contribution in [0.15, 0.2) is 42.7 Å². The molecule has 1 amide bonds. The van der Waals surface area contributed by atoms with Crippen molar-refractivity contribution in [1.82, 2.24) is 15.0 Å². The van der Waals surface area contributed by atoms with Crippen LogP contribution in [-0.4, -0.2) is 67.4 Å². The van der Waals surface area contributed by atoms with Crippen molar-refractivity contribution in [1.29, 1.82) is 5.26 Å². The Kier molecular flexibility index (Phi) is 9.38. The first-order valence-electron chi connectivity index (χ1n) is 16.0. The van der Waals surface area contributed by atoms with Crippen molar-refractivity contribution < 1.29 is 23.4 Å². The smallest absolute Gasteiger partial charge is 0.414 e. The van der Waals surface area contributed by atoms with E-state index in [0.29, 0.717) is 60.8 Å². The Morgan fingerprint density at radius 2 is 1.94 bits per heavy atom. The van der Waals surface area contributed by atoms with Crippen LogP contribution in [-0.2, 0) is 19.3 Å². The molecule has 1 aromatic carbocycles. The van der Waals surface area contributed by atoms with E-state index in [1.54, 1.807) is 29.4 Å². The molecule has 3 aromatic rings. The van der Waals surface area contributed by atoms with Crippen LogP contribution < -0.4 is 15.0 Å². The Hall–Kier alpha value is -4.05. The summed E-state index contributed by atoms with van der Waals surface area (Å²) in [6.45, 7) is 20.5. The summed E-state index contributed by atoms with van der Waals surface area (Å²) in [5.41, 5.74) is 2.40. The number of pyridine rings is 1. The number of carbonyl (C=O) groups is 1. The van der Waals surface area contributed by atoms with Crippen LogP contribution in [0, 0.1) is 11.3 Å². The molecule has 1 saturated heterocycles. The van der Waals surface area contributed by atoms with Gasteiger partial charge in [-0.1, -0.05) is 27.7 Å². The standard InChI is InChI=1S/C35H46N6O5Si/c1-33(2,3)46-32(42)41-21-35(7,22-44-47(8,9)34(4,5)6)26-18-23(17-24(19-36)29(26)41)27-12-15-38-31(39-27)40-28-11-10-14-37-30(28)45-25-13-16-43-20-25/h10-12,14-15,17-18,25H,13,16,20-22H2,1-9H3,(H,38,39,40)/t25-,35-/m1/s1. The SMILES string of the molecule is CC(C)(C)OC(=O)N1C[C@](C)(CO[Si](C)(C)C(C)(C)C)c2cc(-c3ccnc(Nc4cccnc4O[C@@H]4CCOC4)n3)cc(C#N)c21. The van der Waals surface area contributed by atoms with Gasteiger partial charge in [-0.15, -0.1) is 0 Å². The molecule has 11 nitrogen and oxygen atoms in total. The number of fused-ring (bicyclic) bond motifs is 1. The van der Waals surface area contributed by atoms with E-state index in [1.165, 1.54) is 0 Å². The van der Waals surface area contributed by atoms with E-state index in [-0.39, 0.29) is 11.1 Å². The zero-order valence-corrected chi connectivity index (χ0v) is 29.9. The van der Waals surface area contributed by atoms with Crippen molar-refractivity contribution in [2.75, 3.05) is 36.6 Å². The summed E-state index contributed by atoms with van der Waals surface area (Å²) in [7, 11) is -2.14. The quantitative estimate of drug-likeness (QED) is 0.245. The summed E-state index contributed by atoms with van der Waals surface area (Å²) < 4.78 is 24.1. The maximum absolute atomic E-state index is 13.6. The summed E-state index contributed by atoms with van der Waals surface area (Å²) in [6.07, 6.45) is 3.58. The van der Waals surface area contributed by atoms with Crippen molar-refractivity contribution in [3.8, 4) is 23.2 Å². The molecule has 12 heteroatoms. The Labute approximate surface area is 278 Å². The number of nitrogens with one attached hydrogen (secondary N) is 1. The molecule has 1 fully saturated rings. The number of nitriles is 1. The lowest BCUT2D eigenvalue weighted by Gasteiger charge is -2.39. The van der Waals surface area contributed by atoms with Gasteiger partial charge in [0.25, 0.3) is 0 Å². The topological polar surface area (TPSA) is 132 Å². The molecule has 47 heavy (non-hydrogen) atoms. The summed E-state index contributed by atoms with van der Waals surface area (Å²) in [4.78, 5) is 28.8. The van der Waals surface area contributed by atoms with Crippen molar-refractivity contribution >= 4 is 31.7 Å². The van der Waals surface area contributed by atoms with Crippen molar-refractivity contribution in [3.63, 3.8) is 0 Å². The van der Waals surface area contributed by atoms with Crippen molar-refractivity contribution in [2.45, 2.75) is 90.1 Å². The summed E-state index contributed by atoms with van der Waals surface area (Å²) in [5.74, 6) is 0.794. The monoisotopic (exact) mass is 658 g/mol. The molecule has 0 aliphatic carbocycles. The van der Waals surface area contributed by atoms with Gasteiger partial charge in [-0.3, -0.25) is 4.90 Å². The fourth-order valence-electron chi connectivity index (χ4n) is 5.33. The third-order valence-corrected chi connectivity index (χ3v) is 13.4. The minimum Gasteiger partial charge on any atom is -0.470 e. The van der Waals surface area contributed by atoms with E-state index >= 15 is 0 Å². The van der Waals surface area contributed by atoms with Gasteiger partial charge < -0.3 is 24.0 Å². The van der Waals surface area contributed by atoms with Gasteiger partial charge in [0.05, 0.1) is 30.2 Å². The minimum atomic E-state index is -2.14. The lowest BCUT2D eigenvalue weighted by Crippen LogP contribution is -2.46. The molecule has 0 saturated carbocycles. The normalized spacial score (nSPS) is 19.7. The van der Waals surface area contributed by atoms with Gasteiger partial charge in [0.2, 0.25) is 11.8 Å². The molecule has 1 N–H and O–H groups in total. The number of carbonyl (C=O) groups excluding carboxylic acids is 1. The fourth-order valence-corrected chi connectivity index (χ4v) is 6.44. The van der Waals surface area contributed by atoms with Crippen LogP contribution in [0.3, 0.4) is 0 Å². The third kappa shape index (κ3) is 7.58. The Morgan fingerprint density at radius 3 is 2.60 bits per heavy atom. The highest BCUT2D eigenvalue weighted by Crippen LogP contribution is 2.47. The van der Waals surface area contributed by atoms with Gasteiger partial charge in [0, 0.05) is 42.9 Å². The zero-order valence-electron chi connectivity index (χ0n) is 28.9. The second-order valence-electron chi connectivity index (χ2n) is 15.1. The van der Waals surface area contributed by atoms with Crippen LogP contribution >= 0.6 is 0 Å². The Morgan fingerprint density at radius 1 is 1.17 bits per heavy atom. The van der Waals surface area contributed by atoms with E-state index in [2.05, 4.69) is 62.1 Å². The molecule has 4 heterocycles. The molecule has 2 aliphatic heterocycles. The molecule has 2 aromatic heterocycles. The maximum atomic E-state index is 13.6. The highest BCUT2D eigenvalue weighted by molar-refractivity contribution is 6.74. The number of hydrogen-bond donors (Lipinski definition) is 1. The first-order chi connectivity index (χ1) is 22.0. The van der Waals surface area contributed by atoms with Gasteiger partial charge in [-0.2, -0.15) is 5.26 Å². The van der Waals surface area contributed by atoms with Crippen LogP contribution in [0.2, 0.25) is 18.1 Å². The molecule has 0 radical (unpaired) electrons. The maximum Gasteiger partial charge on any atom is 0.414 e. The fraction of sp³-hybridized carbons (Fsp3) is 0.514. The first-order valence-corrected chi connectivity index (χ1v) is 18.9. The van der Waals surface area contributed by atoms with Crippen molar-refractivity contribution in [3.05, 3.63) is 53.9 Å². The second kappa shape index (κ2) is 12.9. The van der Waals surface area contributed by atoms with Gasteiger partial charge in [0.15, 0.2) is 8.32 Å². The van der Waals surface area contributed by atoms with Crippen LogP contribution in [0.5, 0.6) is 5.88 Å². The molecule has 2 aliphatic rings. The van der Waals surface area contributed by atoms with E-state index < -0.39 is 25.4 Å². The summed E-state index contributed by atoms with van der Waals surface area (Å²) in [6, 6.07) is 11.6. The summed E-state index contributed by atoms with van der Waals surface area (Å²) in [5, 5.41) is 13.7. The number of anilines is 3. The first kappa shape index (κ1) is 34.3. The molecule has 0 spiro atoms. The second-order valence-corrected chi connectivity index (χ2v) is 19.9. The molecule has 5 rings (SSSR count). The largest absolute Gasteiger partial charge is 0.470 e. The van der Waals surface area contributed by atoms with E-state index in [4.69, 9.17) is 23.6 Å². The number of hydrogen-bond acceptors (Lipinski definition) is 10. The third-order valence-electron chi connectivity index (χ3n) is 8.96. The number of amides is 1. The highest BCUT2D eigenvalue weighted by atomic mass is 28.4. The minimum absolute atomic E-state index is 0.00370. The number of rotatable bonds is 8. The zero-order chi connectivity index (χ0) is 34.2. The molecule has 2 atom stereocenters. The molecule has 0 unspecified atom stereocenters. The van der Waals surface area contributed by atoms with Gasteiger partial charge in [-0.05, 0) is 74.8 Å².